The van der Waals surface area contributed by atoms with Gasteiger partial charge in [-0.1, -0.05) is 36.5 Å². The van der Waals surface area contributed by atoms with Gasteiger partial charge in [0.1, 0.15) is 4.32 Å². The Morgan fingerprint density at radius 3 is 2.88 bits per heavy atom. The Morgan fingerprint density at radius 2 is 2.15 bits per heavy atom. The number of thiophene rings is 1. The zero-order valence-corrected chi connectivity index (χ0v) is 17.1. The highest BCUT2D eigenvalue weighted by Gasteiger charge is 2.31. The Hall–Kier alpha value is -1.55. The van der Waals surface area contributed by atoms with E-state index in [1.807, 2.05) is 29.0 Å². The molecular formula is C17H17N3O2S4. The van der Waals surface area contributed by atoms with Crippen LogP contribution in [0.3, 0.4) is 0 Å². The molecule has 3 heterocycles. The Balaban J connectivity index is 1.38. The molecule has 1 aliphatic heterocycles. The minimum Gasteiger partial charge on any atom is -0.302 e. The Labute approximate surface area is 169 Å². The zero-order valence-electron chi connectivity index (χ0n) is 13.8. The maximum Gasteiger partial charge on any atom is 0.266 e. The first-order valence-electron chi connectivity index (χ1n) is 8.12. The SMILES string of the molecule is O=C(CCCCCN1C(=O)/C(=C/c2cccs2)SC1=S)Nc1nccs1. The van der Waals surface area contributed by atoms with Crippen LogP contribution in [0, 0.1) is 0 Å². The van der Waals surface area contributed by atoms with Crippen molar-refractivity contribution < 1.29 is 9.59 Å². The van der Waals surface area contributed by atoms with E-state index in [-0.39, 0.29) is 11.8 Å². The van der Waals surface area contributed by atoms with Gasteiger partial charge in [0.15, 0.2) is 5.13 Å². The average molecular weight is 424 g/mol. The largest absolute Gasteiger partial charge is 0.302 e. The molecule has 136 valence electrons. The quantitative estimate of drug-likeness (QED) is 0.382. The topological polar surface area (TPSA) is 62.3 Å². The third-order valence-corrected chi connectivity index (χ3v) is 6.54. The number of anilines is 1. The molecule has 0 radical (unpaired) electrons. The Bertz CT molecular complexity index is 800. The molecule has 0 aliphatic carbocycles. The second kappa shape index (κ2) is 9.40. The first-order valence-corrected chi connectivity index (χ1v) is 11.1. The number of thiazole rings is 1. The van der Waals surface area contributed by atoms with E-state index in [2.05, 4.69) is 10.3 Å². The molecule has 0 bridgehead atoms. The number of thiocarbonyl (C=S) groups is 1. The highest BCUT2D eigenvalue weighted by molar-refractivity contribution is 8.26. The highest BCUT2D eigenvalue weighted by atomic mass is 32.2. The lowest BCUT2D eigenvalue weighted by Gasteiger charge is -2.13. The summed E-state index contributed by atoms with van der Waals surface area (Å²) in [6, 6.07) is 3.94. The number of amides is 2. The fourth-order valence-corrected chi connectivity index (χ4v) is 4.97. The van der Waals surface area contributed by atoms with Crippen molar-refractivity contribution in [3.05, 3.63) is 38.9 Å². The smallest absolute Gasteiger partial charge is 0.266 e. The monoisotopic (exact) mass is 423 g/mol. The second-order valence-electron chi connectivity index (χ2n) is 5.54. The standard InChI is InChI=1S/C17H17N3O2S4/c21-14(19-16-18-7-10-25-16)6-2-1-3-8-20-15(22)13(26-17(20)23)11-12-5-4-9-24-12/h4-5,7,9-11H,1-3,6,8H2,(H,18,19,21)/b13-11-. The van der Waals surface area contributed by atoms with E-state index in [1.54, 1.807) is 22.4 Å². The van der Waals surface area contributed by atoms with Crippen LogP contribution in [0.2, 0.25) is 0 Å². The molecule has 1 N–H and O–H groups in total. The molecule has 0 aromatic carbocycles. The lowest BCUT2D eigenvalue weighted by Crippen LogP contribution is -2.29. The molecule has 26 heavy (non-hydrogen) atoms. The van der Waals surface area contributed by atoms with Gasteiger partial charge < -0.3 is 5.32 Å². The van der Waals surface area contributed by atoms with Crippen molar-refractivity contribution in [2.45, 2.75) is 25.7 Å². The number of nitrogens with one attached hydrogen (secondary N) is 1. The van der Waals surface area contributed by atoms with Crippen LogP contribution < -0.4 is 5.32 Å². The van der Waals surface area contributed by atoms with Gasteiger partial charge in [0.2, 0.25) is 5.91 Å². The molecule has 0 unspecified atom stereocenters. The van der Waals surface area contributed by atoms with Crippen LogP contribution in [0.1, 0.15) is 30.6 Å². The predicted molar refractivity (Wildman–Crippen MR) is 113 cm³/mol. The number of nitrogens with zero attached hydrogens (tertiary/aromatic N) is 2. The number of hydrogen-bond acceptors (Lipinski definition) is 7. The van der Waals surface area contributed by atoms with Crippen molar-refractivity contribution in [3.63, 3.8) is 0 Å². The molecule has 0 spiro atoms. The highest BCUT2D eigenvalue weighted by Crippen LogP contribution is 2.33. The van der Waals surface area contributed by atoms with Crippen molar-refractivity contribution in [1.29, 1.82) is 0 Å². The van der Waals surface area contributed by atoms with Gasteiger partial charge in [-0.25, -0.2) is 4.98 Å². The zero-order chi connectivity index (χ0) is 18.4. The summed E-state index contributed by atoms with van der Waals surface area (Å²) in [6.07, 6.45) is 6.48. The van der Waals surface area contributed by atoms with E-state index in [0.29, 0.717) is 27.3 Å². The van der Waals surface area contributed by atoms with Gasteiger partial charge in [0, 0.05) is 29.4 Å². The summed E-state index contributed by atoms with van der Waals surface area (Å²) >= 11 is 9.69. The molecule has 0 saturated carbocycles. The fraction of sp³-hybridized carbons (Fsp3) is 0.294. The van der Waals surface area contributed by atoms with Crippen LogP contribution in [0.25, 0.3) is 6.08 Å². The van der Waals surface area contributed by atoms with Crippen LogP contribution in [0.5, 0.6) is 0 Å². The number of carbonyl (C=O) groups excluding carboxylic acids is 2. The molecule has 0 atom stereocenters. The first kappa shape index (κ1) is 19.2. The van der Waals surface area contributed by atoms with E-state index in [1.165, 1.54) is 23.1 Å². The lowest BCUT2D eigenvalue weighted by atomic mass is 10.2. The second-order valence-corrected chi connectivity index (χ2v) is 9.09. The summed E-state index contributed by atoms with van der Waals surface area (Å²) in [6.45, 7) is 0.598. The molecular weight excluding hydrogens is 406 g/mol. The van der Waals surface area contributed by atoms with Gasteiger partial charge in [-0.3, -0.25) is 14.5 Å². The van der Waals surface area contributed by atoms with Crippen molar-refractivity contribution in [1.82, 2.24) is 9.88 Å². The third kappa shape index (κ3) is 5.23. The average Bonchev–Trinajstić information content (AvgIpc) is 3.34. The number of rotatable bonds is 8. The normalized spacial score (nSPS) is 15.8. The summed E-state index contributed by atoms with van der Waals surface area (Å²) < 4.78 is 0.610. The minimum atomic E-state index is -0.0237. The van der Waals surface area contributed by atoms with Gasteiger partial charge in [-0.2, -0.15) is 0 Å². The van der Waals surface area contributed by atoms with Crippen LogP contribution >= 0.6 is 46.7 Å². The van der Waals surface area contributed by atoms with E-state index in [0.717, 1.165) is 24.1 Å². The van der Waals surface area contributed by atoms with E-state index >= 15 is 0 Å². The van der Waals surface area contributed by atoms with Crippen molar-refractivity contribution in [3.8, 4) is 0 Å². The van der Waals surface area contributed by atoms with Crippen molar-refractivity contribution >= 4 is 74.0 Å². The Kier molecular flexibility index (Phi) is 6.95. The molecule has 9 heteroatoms. The van der Waals surface area contributed by atoms with E-state index in [9.17, 15) is 9.59 Å². The van der Waals surface area contributed by atoms with Gasteiger partial charge in [0.05, 0.1) is 4.91 Å². The first-order chi connectivity index (χ1) is 12.6. The van der Waals surface area contributed by atoms with E-state index < -0.39 is 0 Å². The molecule has 3 rings (SSSR count). The lowest BCUT2D eigenvalue weighted by molar-refractivity contribution is -0.122. The summed E-state index contributed by atoms with van der Waals surface area (Å²) in [5.74, 6) is -0.0423. The van der Waals surface area contributed by atoms with Crippen LogP contribution in [-0.2, 0) is 9.59 Å². The summed E-state index contributed by atoms with van der Waals surface area (Å²) in [7, 11) is 0. The van der Waals surface area contributed by atoms with E-state index in [4.69, 9.17) is 12.2 Å². The maximum absolute atomic E-state index is 12.5. The number of unbranched alkanes of at least 4 members (excludes halogenated alkanes) is 2. The summed E-state index contributed by atoms with van der Waals surface area (Å²) in [5, 5.41) is 7.21. The molecule has 2 aromatic heterocycles. The van der Waals surface area contributed by atoms with Crippen LogP contribution in [-0.4, -0.2) is 32.6 Å². The van der Waals surface area contributed by atoms with Gasteiger partial charge in [-0.15, -0.1) is 22.7 Å². The summed E-state index contributed by atoms with van der Waals surface area (Å²) in [4.78, 5) is 31.7. The minimum absolute atomic E-state index is 0.0186. The molecule has 2 amide bonds. The van der Waals surface area contributed by atoms with Gasteiger partial charge in [-0.05, 0) is 30.4 Å². The number of carbonyl (C=O) groups is 2. The van der Waals surface area contributed by atoms with Crippen LogP contribution in [0.4, 0.5) is 5.13 Å². The Morgan fingerprint density at radius 1 is 1.27 bits per heavy atom. The molecule has 1 saturated heterocycles. The van der Waals surface area contributed by atoms with Gasteiger partial charge >= 0.3 is 0 Å². The number of hydrogen-bond donors (Lipinski definition) is 1. The number of aromatic nitrogens is 1. The molecule has 1 fully saturated rings. The fourth-order valence-electron chi connectivity index (χ4n) is 2.39. The molecule has 1 aliphatic rings. The third-order valence-electron chi connectivity index (χ3n) is 3.65. The molecule has 2 aromatic rings. The molecule has 5 nitrogen and oxygen atoms in total. The van der Waals surface area contributed by atoms with Crippen molar-refractivity contribution in [2.75, 3.05) is 11.9 Å². The summed E-state index contributed by atoms with van der Waals surface area (Å²) in [5.41, 5.74) is 0. The van der Waals surface area contributed by atoms with Gasteiger partial charge in [0.25, 0.3) is 5.91 Å². The predicted octanol–water partition coefficient (Wildman–Crippen LogP) is 4.60. The van der Waals surface area contributed by atoms with Crippen molar-refractivity contribution in [2.24, 2.45) is 0 Å². The van der Waals surface area contributed by atoms with Crippen LogP contribution in [0.15, 0.2) is 34.0 Å². The maximum atomic E-state index is 12.5. The number of thioether (sulfide) groups is 1.